The molecule has 44 heavy (non-hydrogen) atoms. The summed E-state index contributed by atoms with van der Waals surface area (Å²) in [7, 11) is 0. The second-order valence-electron chi connectivity index (χ2n) is 11.4. The summed E-state index contributed by atoms with van der Waals surface area (Å²) in [5.74, 6) is -0.127. The highest BCUT2D eigenvalue weighted by Crippen LogP contribution is 2.28. The zero-order chi connectivity index (χ0) is 30.6. The maximum atomic E-state index is 13.9. The number of likely N-dealkylation sites (tertiary alicyclic amines) is 1. The van der Waals surface area contributed by atoms with Crippen molar-refractivity contribution in [2.24, 2.45) is 0 Å². The molecule has 1 atom stereocenters. The Labute approximate surface area is 266 Å². The summed E-state index contributed by atoms with van der Waals surface area (Å²) in [5.41, 5.74) is 3.81. The molecule has 0 saturated carbocycles. The monoisotopic (exact) mass is 635 g/mol. The molecule has 1 aromatic heterocycles. The van der Waals surface area contributed by atoms with Gasteiger partial charge in [-0.15, -0.1) is 0 Å². The molecular weight excluding hydrogens is 601 g/mol. The van der Waals surface area contributed by atoms with E-state index in [1.165, 1.54) is 0 Å². The van der Waals surface area contributed by atoms with Crippen molar-refractivity contribution in [3.05, 3.63) is 88.2 Å². The molecule has 2 aromatic carbocycles. The van der Waals surface area contributed by atoms with Crippen LogP contribution in [-0.2, 0) is 17.8 Å². The largest absolute Gasteiger partial charge is 0.368 e. The number of fused-ring (bicyclic) bond motifs is 1. The van der Waals surface area contributed by atoms with Crippen molar-refractivity contribution in [2.45, 2.75) is 37.9 Å². The number of carbonyl (C=O) groups is 3. The van der Waals surface area contributed by atoms with Crippen LogP contribution in [0, 0.1) is 0 Å². The molecule has 5 amide bonds. The lowest BCUT2D eigenvalue weighted by atomic mass is 10.0. The standard InChI is InChI=1S/C32H35Cl2N7O3/c33-26-6-5-22(19-27(26)34)20-29(30(42)39-17-15-38(16-18-39)24-7-11-35-12-8-24)37-31(43)40-13-9-25(10-14-40)41-21-23-3-1-2-4-28(23)36-32(41)44/h1-8,11-12,19,25,29H,9-10,13-18,20-21H2,(H,36,44)(H,37,43). The summed E-state index contributed by atoms with van der Waals surface area (Å²) in [6, 6.07) is 15.9. The van der Waals surface area contributed by atoms with Gasteiger partial charge in [0.05, 0.1) is 10.0 Å². The Morgan fingerprint density at radius 3 is 2.36 bits per heavy atom. The summed E-state index contributed by atoms with van der Waals surface area (Å²) >= 11 is 12.4. The number of para-hydroxylation sites is 1. The van der Waals surface area contributed by atoms with E-state index in [1.54, 1.807) is 29.4 Å². The minimum atomic E-state index is -0.769. The van der Waals surface area contributed by atoms with Gasteiger partial charge in [-0.2, -0.15) is 0 Å². The van der Waals surface area contributed by atoms with Crippen LogP contribution in [0.5, 0.6) is 0 Å². The number of pyridine rings is 1. The van der Waals surface area contributed by atoms with E-state index in [0.717, 1.165) is 22.5 Å². The first-order chi connectivity index (χ1) is 21.4. The second kappa shape index (κ2) is 13.3. The SMILES string of the molecule is O=C(NC(Cc1ccc(Cl)c(Cl)c1)C(=O)N1CCN(c2ccncc2)CC1)N1CCC(N2Cc3ccccc3NC2=O)CC1. The number of nitrogens with zero attached hydrogens (tertiary/aromatic N) is 5. The topological polar surface area (TPSA) is 101 Å². The van der Waals surface area contributed by atoms with E-state index in [9.17, 15) is 14.4 Å². The summed E-state index contributed by atoms with van der Waals surface area (Å²) in [6.45, 7) is 3.98. The number of benzene rings is 2. The quantitative estimate of drug-likeness (QED) is 0.402. The molecule has 0 radical (unpaired) electrons. The Balaban J connectivity index is 1.09. The van der Waals surface area contributed by atoms with E-state index in [0.29, 0.717) is 68.7 Å². The highest BCUT2D eigenvalue weighted by molar-refractivity contribution is 6.42. The fourth-order valence-corrected chi connectivity index (χ4v) is 6.52. The number of hydrogen-bond acceptors (Lipinski definition) is 5. The van der Waals surface area contributed by atoms with Gasteiger partial charge in [0, 0.05) is 82.0 Å². The molecular formula is C32H35Cl2N7O3. The first-order valence-corrected chi connectivity index (χ1v) is 15.7. The minimum absolute atomic E-state index is 0.0257. The maximum absolute atomic E-state index is 13.9. The number of rotatable bonds is 6. The number of piperidine rings is 1. The number of nitrogens with one attached hydrogen (secondary N) is 2. The van der Waals surface area contributed by atoms with E-state index in [4.69, 9.17) is 23.2 Å². The molecule has 1 unspecified atom stereocenters. The molecule has 3 aromatic rings. The number of piperazine rings is 1. The number of amides is 5. The van der Waals surface area contributed by atoms with Crippen molar-refractivity contribution < 1.29 is 14.4 Å². The van der Waals surface area contributed by atoms with E-state index in [2.05, 4.69) is 20.5 Å². The average molecular weight is 637 g/mol. The van der Waals surface area contributed by atoms with Gasteiger partial charge in [0.1, 0.15) is 6.04 Å². The van der Waals surface area contributed by atoms with Crippen LogP contribution in [0.3, 0.4) is 0 Å². The third-order valence-electron chi connectivity index (χ3n) is 8.69. The van der Waals surface area contributed by atoms with Crippen LogP contribution in [-0.4, -0.2) is 89.0 Å². The van der Waals surface area contributed by atoms with Crippen molar-refractivity contribution in [2.75, 3.05) is 49.5 Å². The number of aromatic nitrogens is 1. The molecule has 4 heterocycles. The molecule has 3 aliphatic heterocycles. The highest BCUT2D eigenvalue weighted by atomic mass is 35.5. The number of hydrogen-bond donors (Lipinski definition) is 2. The summed E-state index contributed by atoms with van der Waals surface area (Å²) in [4.78, 5) is 52.0. The molecule has 0 aliphatic carbocycles. The number of anilines is 2. The summed E-state index contributed by atoms with van der Waals surface area (Å²) < 4.78 is 0. The first kappa shape index (κ1) is 30.0. The molecule has 2 N–H and O–H groups in total. The van der Waals surface area contributed by atoms with Crippen LogP contribution in [0.2, 0.25) is 10.0 Å². The zero-order valence-electron chi connectivity index (χ0n) is 24.3. The molecule has 0 spiro atoms. The third kappa shape index (κ3) is 6.71. The van der Waals surface area contributed by atoms with E-state index in [1.807, 2.05) is 52.3 Å². The lowest BCUT2D eigenvalue weighted by Crippen LogP contribution is -2.58. The van der Waals surface area contributed by atoms with E-state index >= 15 is 0 Å². The molecule has 10 nitrogen and oxygen atoms in total. The van der Waals surface area contributed by atoms with Gasteiger partial charge in [0.15, 0.2) is 0 Å². The maximum Gasteiger partial charge on any atom is 0.322 e. The molecule has 6 rings (SSSR count). The predicted octanol–water partition coefficient (Wildman–Crippen LogP) is 4.87. The van der Waals surface area contributed by atoms with Gasteiger partial charge in [-0.1, -0.05) is 47.5 Å². The predicted molar refractivity (Wildman–Crippen MR) is 171 cm³/mol. The number of carbonyl (C=O) groups excluding carboxylic acids is 3. The molecule has 0 bridgehead atoms. The van der Waals surface area contributed by atoms with Gasteiger partial charge in [-0.25, -0.2) is 9.59 Å². The van der Waals surface area contributed by atoms with Crippen LogP contribution in [0.15, 0.2) is 67.0 Å². The van der Waals surface area contributed by atoms with Crippen molar-refractivity contribution in [1.82, 2.24) is 25.0 Å². The normalized spacial score (nSPS) is 18.0. The highest BCUT2D eigenvalue weighted by Gasteiger charge is 2.35. The van der Waals surface area contributed by atoms with Crippen molar-refractivity contribution in [3.8, 4) is 0 Å². The molecule has 12 heteroatoms. The van der Waals surface area contributed by atoms with Crippen LogP contribution < -0.4 is 15.5 Å². The smallest absolute Gasteiger partial charge is 0.322 e. The lowest BCUT2D eigenvalue weighted by molar-refractivity contribution is -0.133. The van der Waals surface area contributed by atoms with Crippen molar-refractivity contribution in [1.29, 1.82) is 0 Å². The zero-order valence-corrected chi connectivity index (χ0v) is 25.8. The molecule has 2 fully saturated rings. The van der Waals surface area contributed by atoms with Gasteiger partial charge in [0.2, 0.25) is 5.91 Å². The van der Waals surface area contributed by atoms with Crippen LogP contribution >= 0.6 is 23.2 Å². The molecule has 230 valence electrons. The van der Waals surface area contributed by atoms with E-state index in [-0.39, 0.29) is 30.4 Å². The van der Waals surface area contributed by atoms with Gasteiger partial charge in [0.25, 0.3) is 0 Å². The fourth-order valence-electron chi connectivity index (χ4n) is 6.20. The summed E-state index contributed by atoms with van der Waals surface area (Å²) in [6.07, 6.45) is 5.13. The minimum Gasteiger partial charge on any atom is -0.368 e. The molecule has 3 aliphatic rings. The van der Waals surface area contributed by atoms with Crippen molar-refractivity contribution in [3.63, 3.8) is 0 Å². The number of halogens is 2. The average Bonchev–Trinajstić information content (AvgIpc) is 3.06. The Morgan fingerprint density at radius 2 is 1.64 bits per heavy atom. The second-order valence-corrected chi connectivity index (χ2v) is 12.2. The lowest BCUT2D eigenvalue weighted by Gasteiger charge is -2.41. The Bertz CT molecular complexity index is 1510. The Kier molecular flexibility index (Phi) is 9.09. The van der Waals surface area contributed by atoms with Gasteiger partial charge in [-0.3, -0.25) is 9.78 Å². The van der Waals surface area contributed by atoms with Crippen LogP contribution in [0.4, 0.5) is 21.0 Å². The van der Waals surface area contributed by atoms with Gasteiger partial charge >= 0.3 is 12.1 Å². The van der Waals surface area contributed by atoms with Gasteiger partial charge in [-0.05, 0) is 54.3 Å². The fraction of sp³-hybridized carbons (Fsp3) is 0.375. The van der Waals surface area contributed by atoms with E-state index < -0.39 is 6.04 Å². The Hall–Kier alpha value is -4.02. The summed E-state index contributed by atoms with van der Waals surface area (Å²) in [5, 5.41) is 6.85. The Morgan fingerprint density at radius 1 is 0.909 bits per heavy atom. The van der Waals surface area contributed by atoms with Crippen molar-refractivity contribution >= 4 is 52.5 Å². The number of urea groups is 2. The first-order valence-electron chi connectivity index (χ1n) is 14.9. The van der Waals surface area contributed by atoms with Crippen LogP contribution in [0.1, 0.15) is 24.0 Å². The molecule has 2 saturated heterocycles. The van der Waals surface area contributed by atoms with Gasteiger partial charge < -0.3 is 30.2 Å². The van der Waals surface area contributed by atoms with Crippen LogP contribution in [0.25, 0.3) is 0 Å². The third-order valence-corrected chi connectivity index (χ3v) is 9.43.